The summed E-state index contributed by atoms with van der Waals surface area (Å²) in [5.74, 6) is -1.98. The smallest absolute Gasteiger partial charge is 0.287 e. The van der Waals surface area contributed by atoms with E-state index in [1.54, 1.807) is 0 Å². The standard InChI is InChI=1S/C3H4F3NO2S/c4-3(5,6)2(8)1-7-10-9/h1,10H2. The summed E-state index contributed by atoms with van der Waals surface area (Å²) in [6.07, 6.45) is -4.86. The number of hydrogen-bond acceptors (Lipinski definition) is 3. The quantitative estimate of drug-likeness (QED) is 0.592. The van der Waals surface area contributed by atoms with Crippen LogP contribution in [0.15, 0.2) is 4.36 Å². The Morgan fingerprint density at radius 2 is 2.00 bits per heavy atom. The highest BCUT2D eigenvalue weighted by Crippen LogP contribution is 2.15. The summed E-state index contributed by atoms with van der Waals surface area (Å²) < 4.78 is 46.0. The first-order chi connectivity index (χ1) is 4.48. The normalized spacial score (nSPS) is 12.3. The Morgan fingerprint density at radius 3 is 2.30 bits per heavy atom. The maximum atomic E-state index is 11.3. The second-order valence-corrected chi connectivity index (χ2v) is 1.83. The van der Waals surface area contributed by atoms with E-state index in [4.69, 9.17) is 0 Å². The Hall–Kier alpha value is -0.590. The van der Waals surface area contributed by atoms with Crippen molar-refractivity contribution in [3.05, 3.63) is 0 Å². The first-order valence-electron chi connectivity index (χ1n) is 2.12. The largest absolute Gasteiger partial charge is 0.452 e. The zero-order valence-corrected chi connectivity index (χ0v) is 5.60. The van der Waals surface area contributed by atoms with Gasteiger partial charge in [-0.1, -0.05) is 0 Å². The summed E-state index contributed by atoms with van der Waals surface area (Å²) in [7, 11) is 0. The number of nitrogens with zero attached hydrogens (tertiary/aromatic N) is 1. The van der Waals surface area contributed by atoms with Gasteiger partial charge in [-0.25, -0.2) is 4.36 Å². The molecule has 0 saturated carbocycles. The fourth-order valence-corrected chi connectivity index (χ4v) is 0.402. The van der Waals surface area contributed by atoms with Crippen molar-refractivity contribution in [1.29, 1.82) is 0 Å². The van der Waals surface area contributed by atoms with Crippen LogP contribution in [0, 0.1) is 0 Å². The van der Waals surface area contributed by atoms with Gasteiger partial charge in [0.2, 0.25) is 0 Å². The van der Waals surface area contributed by atoms with E-state index in [0.717, 1.165) is 0 Å². The second-order valence-electron chi connectivity index (χ2n) is 1.33. The van der Waals surface area contributed by atoms with Gasteiger partial charge in [0.1, 0.15) is 6.54 Å². The molecule has 0 aliphatic heterocycles. The molecule has 0 unspecified atom stereocenters. The van der Waals surface area contributed by atoms with Gasteiger partial charge in [-0.05, 0) is 0 Å². The topological polar surface area (TPSA) is 46.5 Å². The third kappa shape index (κ3) is 3.44. The van der Waals surface area contributed by atoms with E-state index in [1.165, 1.54) is 0 Å². The van der Waals surface area contributed by atoms with Crippen molar-refractivity contribution in [3.63, 3.8) is 0 Å². The van der Waals surface area contributed by atoms with Crippen molar-refractivity contribution in [2.75, 3.05) is 6.54 Å². The average Bonchev–Trinajstić information content (AvgIpc) is 1.80. The van der Waals surface area contributed by atoms with Crippen LogP contribution in [0.4, 0.5) is 13.2 Å². The van der Waals surface area contributed by atoms with Gasteiger partial charge in [0.15, 0.2) is 0 Å². The molecule has 0 bridgehead atoms. The zero-order chi connectivity index (χ0) is 8.20. The van der Waals surface area contributed by atoms with E-state index >= 15 is 0 Å². The van der Waals surface area contributed by atoms with Gasteiger partial charge in [0, 0.05) is 11.5 Å². The molecule has 0 amide bonds. The van der Waals surface area contributed by atoms with Crippen LogP contribution >= 0.6 is 0 Å². The SMILES string of the molecule is O=[SH2]=NCC(=O)C(F)(F)F. The van der Waals surface area contributed by atoms with Crippen LogP contribution in [0.3, 0.4) is 0 Å². The molecule has 0 rings (SSSR count). The summed E-state index contributed by atoms with van der Waals surface area (Å²) in [5, 5.41) is 0. The Balaban J connectivity index is 3.98. The third-order valence-electron chi connectivity index (χ3n) is 0.603. The maximum absolute atomic E-state index is 11.3. The molecule has 0 heterocycles. The number of halogens is 3. The van der Waals surface area contributed by atoms with Crippen LogP contribution in [0.5, 0.6) is 0 Å². The van der Waals surface area contributed by atoms with Crippen LogP contribution in [-0.4, -0.2) is 22.7 Å². The van der Waals surface area contributed by atoms with Crippen LogP contribution in [0.2, 0.25) is 0 Å². The molecule has 0 radical (unpaired) electrons. The number of alkyl halides is 3. The summed E-state index contributed by atoms with van der Waals surface area (Å²) in [5.41, 5.74) is 0. The lowest BCUT2D eigenvalue weighted by atomic mass is 10.4. The Morgan fingerprint density at radius 1 is 1.50 bits per heavy atom. The fourth-order valence-electron chi connectivity index (χ4n) is 0.194. The number of carbonyl (C=O) groups is 1. The van der Waals surface area contributed by atoms with Crippen molar-refractivity contribution in [3.8, 4) is 0 Å². The summed E-state index contributed by atoms with van der Waals surface area (Å²) >= 11 is -1.22. The lowest BCUT2D eigenvalue weighted by molar-refractivity contribution is -0.169. The second kappa shape index (κ2) is 3.55. The number of hydrogen-bond donors (Lipinski definition) is 0. The molecule has 0 N–H and O–H groups in total. The highest BCUT2D eigenvalue weighted by Gasteiger charge is 2.37. The molecule has 0 atom stereocenters. The van der Waals surface area contributed by atoms with Gasteiger partial charge in [0.05, 0.1) is 0 Å². The lowest BCUT2D eigenvalue weighted by Gasteiger charge is -1.99. The lowest BCUT2D eigenvalue weighted by Crippen LogP contribution is -2.24. The number of carbonyl (C=O) groups excluding carboxylic acids is 1. The predicted molar refractivity (Wildman–Crippen MR) is 29.3 cm³/mol. The van der Waals surface area contributed by atoms with E-state index in [1.807, 2.05) is 0 Å². The van der Waals surface area contributed by atoms with Crippen molar-refractivity contribution in [2.45, 2.75) is 6.18 Å². The molecular formula is C3H4F3NO2S. The molecule has 0 aliphatic carbocycles. The minimum atomic E-state index is -4.86. The van der Waals surface area contributed by atoms with Gasteiger partial charge in [-0.15, -0.1) is 0 Å². The van der Waals surface area contributed by atoms with E-state index in [0.29, 0.717) is 0 Å². The summed E-state index contributed by atoms with van der Waals surface area (Å²) in [6.45, 7) is -1.05. The fraction of sp³-hybridized carbons (Fsp3) is 0.667. The zero-order valence-electron chi connectivity index (χ0n) is 4.60. The highest BCUT2D eigenvalue weighted by atomic mass is 32.1. The first-order valence-corrected chi connectivity index (χ1v) is 2.97. The molecular weight excluding hydrogens is 171 g/mol. The van der Waals surface area contributed by atoms with Crippen LogP contribution in [-0.2, 0) is 16.3 Å². The van der Waals surface area contributed by atoms with Crippen molar-refractivity contribution < 1.29 is 22.2 Å². The molecule has 0 saturated heterocycles. The molecule has 60 valence electrons. The Kier molecular flexibility index (Phi) is 3.34. The van der Waals surface area contributed by atoms with Crippen molar-refractivity contribution in [2.24, 2.45) is 4.36 Å². The number of ketones is 1. The predicted octanol–water partition coefficient (Wildman–Crippen LogP) is -0.0210. The molecule has 3 nitrogen and oxygen atoms in total. The molecule has 0 aromatic heterocycles. The molecule has 7 heteroatoms. The van der Waals surface area contributed by atoms with Crippen LogP contribution in [0.1, 0.15) is 0 Å². The minimum absolute atomic E-state index is 1.05. The van der Waals surface area contributed by atoms with Crippen LogP contribution in [0.25, 0.3) is 0 Å². The molecule has 10 heavy (non-hydrogen) atoms. The molecule has 0 aliphatic rings. The van der Waals surface area contributed by atoms with Crippen LogP contribution < -0.4 is 0 Å². The van der Waals surface area contributed by atoms with Gasteiger partial charge in [0.25, 0.3) is 5.78 Å². The Bertz CT molecular complexity index is 183. The van der Waals surface area contributed by atoms with E-state index in [2.05, 4.69) is 4.36 Å². The number of Topliss-reactive ketones (excluding diaryl/α,β-unsaturated/α-hetero) is 1. The minimum Gasteiger partial charge on any atom is -0.287 e. The first kappa shape index (κ1) is 9.41. The monoisotopic (exact) mass is 175 g/mol. The van der Waals surface area contributed by atoms with E-state index in [9.17, 15) is 22.2 Å². The molecule has 0 aromatic carbocycles. The third-order valence-corrected chi connectivity index (χ3v) is 0.891. The Labute approximate surface area is 57.5 Å². The molecule has 0 spiro atoms. The number of rotatable bonds is 2. The van der Waals surface area contributed by atoms with Crippen molar-refractivity contribution >= 4 is 17.2 Å². The highest BCUT2D eigenvalue weighted by molar-refractivity contribution is 7.54. The average molecular weight is 175 g/mol. The summed E-state index contributed by atoms with van der Waals surface area (Å²) in [4.78, 5) is 9.87. The van der Waals surface area contributed by atoms with Crippen molar-refractivity contribution in [1.82, 2.24) is 0 Å². The summed E-state index contributed by atoms with van der Waals surface area (Å²) in [6, 6.07) is 0. The van der Waals surface area contributed by atoms with Gasteiger partial charge >= 0.3 is 6.18 Å². The van der Waals surface area contributed by atoms with E-state index < -0.39 is 30.0 Å². The van der Waals surface area contributed by atoms with Gasteiger partial charge in [-0.2, -0.15) is 13.2 Å². The maximum Gasteiger partial charge on any atom is 0.452 e. The molecule has 0 fully saturated rings. The van der Waals surface area contributed by atoms with E-state index in [-0.39, 0.29) is 0 Å². The molecule has 0 aromatic rings. The van der Waals surface area contributed by atoms with Gasteiger partial charge < -0.3 is 0 Å². The van der Waals surface area contributed by atoms with Gasteiger partial charge in [-0.3, -0.25) is 9.00 Å².